The van der Waals surface area contributed by atoms with E-state index in [0.717, 1.165) is 30.2 Å². The van der Waals surface area contributed by atoms with Gasteiger partial charge in [0.25, 0.3) is 0 Å². The monoisotopic (exact) mass is 297 g/mol. The maximum Gasteiger partial charge on any atom is 0.231 e. The molecule has 4 heteroatoms. The van der Waals surface area contributed by atoms with E-state index >= 15 is 0 Å². The first-order chi connectivity index (χ1) is 10.8. The van der Waals surface area contributed by atoms with Crippen LogP contribution in [0.4, 0.5) is 0 Å². The number of hydrogen-bond donors (Lipinski definition) is 1. The van der Waals surface area contributed by atoms with Crippen LogP contribution in [0.15, 0.2) is 36.4 Å². The predicted molar refractivity (Wildman–Crippen MR) is 83.7 cm³/mol. The molecule has 4 nitrogen and oxygen atoms in total. The van der Waals surface area contributed by atoms with Gasteiger partial charge >= 0.3 is 0 Å². The van der Waals surface area contributed by atoms with E-state index in [0.29, 0.717) is 13.4 Å². The van der Waals surface area contributed by atoms with Gasteiger partial charge in [0.15, 0.2) is 11.5 Å². The molecule has 0 amide bonds. The average Bonchev–Trinajstić information content (AvgIpc) is 3.00. The lowest BCUT2D eigenvalue weighted by atomic mass is 9.89. The maximum atomic E-state index is 5.53. The fraction of sp³-hybridized carbons (Fsp3) is 0.333. The van der Waals surface area contributed by atoms with E-state index in [4.69, 9.17) is 14.2 Å². The molecule has 0 saturated carbocycles. The summed E-state index contributed by atoms with van der Waals surface area (Å²) in [6, 6.07) is 12.7. The summed E-state index contributed by atoms with van der Waals surface area (Å²) < 4.78 is 16.5. The van der Waals surface area contributed by atoms with Crippen LogP contribution in [0.25, 0.3) is 0 Å². The Morgan fingerprint density at radius 1 is 1.14 bits per heavy atom. The molecule has 2 aromatic rings. The van der Waals surface area contributed by atoms with Crippen molar-refractivity contribution < 1.29 is 14.2 Å². The summed E-state index contributed by atoms with van der Waals surface area (Å²) in [5.74, 6) is 2.62. The van der Waals surface area contributed by atoms with Gasteiger partial charge in [-0.05, 0) is 54.3 Å². The second kappa shape index (κ2) is 5.54. The molecular formula is C18H19NO3. The first-order valence-electron chi connectivity index (χ1n) is 7.73. The Kier molecular flexibility index (Phi) is 3.39. The lowest BCUT2D eigenvalue weighted by Gasteiger charge is -2.27. The number of rotatable bonds is 3. The smallest absolute Gasteiger partial charge is 0.231 e. The van der Waals surface area contributed by atoms with Gasteiger partial charge in [0.05, 0.1) is 12.6 Å². The second-order valence-corrected chi connectivity index (χ2v) is 5.54. The lowest BCUT2D eigenvalue weighted by molar-refractivity contribution is 0.174. The lowest BCUT2D eigenvalue weighted by Crippen LogP contribution is -2.30. The zero-order valence-corrected chi connectivity index (χ0v) is 12.6. The van der Waals surface area contributed by atoms with Gasteiger partial charge in [0.2, 0.25) is 6.79 Å². The van der Waals surface area contributed by atoms with Crippen LogP contribution in [-0.4, -0.2) is 19.9 Å². The fourth-order valence-corrected chi connectivity index (χ4v) is 3.17. The van der Waals surface area contributed by atoms with Crippen LogP contribution in [0, 0.1) is 0 Å². The number of benzene rings is 2. The quantitative estimate of drug-likeness (QED) is 0.945. The second-order valence-electron chi connectivity index (χ2n) is 5.54. The van der Waals surface area contributed by atoms with Crippen LogP contribution in [0.1, 0.15) is 29.7 Å². The number of ether oxygens (including phenoxy) is 3. The molecule has 0 fully saturated rings. The Hall–Kier alpha value is -2.20. The maximum absolute atomic E-state index is 5.53. The minimum atomic E-state index is 0.189. The topological polar surface area (TPSA) is 39.7 Å². The van der Waals surface area contributed by atoms with E-state index in [9.17, 15) is 0 Å². The Morgan fingerprint density at radius 2 is 1.91 bits per heavy atom. The molecule has 1 N–H and O–H groups in total. The third-order valence-corrected chi connectivity index (χ3v) is 4.21. The van der Waals surface area contributed by atoms with E-state index in [1.807, 2.05) is 19.1 Å². The zero-order valence-electron chi connectivity index (χ0n) is 12.6. The number of fused-ring (bicyclic) bond motifs is 2. The molecular weight excluding hydrogens is 278 g/mol. The van der Waals surface area contributed by atoms with Crippen molar-refractivity contribution in [2.24, 2.45) is 0 Å². The van der Waals surface area contributed by atoms with Gasteiger partial charge in [-0.1, -0.05) is 12.1 Å². The van der Waals surface area contributed by atoms with Crippen molar-refractivity contribution in [1.82, 2.24) is 5.32 Å². The average molecular weight is 297 g/mol. The van der Waals surface area contributed by atoms with Gasteiger partial charge in [-0.25, -0.2) is 0 Å². The largest absolute Gasteiger partial charge is 0.494 e. The van der Waals surface area contributed by atoms with E-state index in [1.165, 1.54) is 16.7 Å². The molecule has 0 bridgehead atoms. The Bertz CT molecular complexity index is 681. The highest BCUT2D eigenvalue weighted by Crippen LogP contribution is 2.40. The van der Waals surface area contributed by atoms with Crippen molar-refractivity contribution in [3.8, 4) is 17.2 Å². The van der Waals surface area contributed by atoms with Gasteiger partial charge in [-0.2, -0.15) is 0 Å². The molecule has 0 aliphatic carbocycles. The molecule has 0 spiro atoms. The molecule has 0 aromatic heterocycles. The highest BCUT2D eigenvalue weighted by molar-refractivity contribution is 5.52. The molecule has 114 valence electrons. The molecule has 2 aliphatic rings. The summed E-state index contributed by atoms with van der Waals surface area (Å²) in [4.78, 5) is 0. The highest BCUT2D eigenvalue weighted by atomic mass is 16.7. The van der Waals surface area contributed by atoms with Crippen molar-refractivity contribution in [3.05, 3.63) is 53.1 Å². The molecule has 2 heterocycles. The van der Waals surface area contributed by atoms with Gasteiger partial charge in [-0.3, -0.25) is 0 Å². The number of nitrogens with one attached hydrogen (secondary N) is 1. The summed E-state index contributed by atoms with van der Waals surface area (Å²) in [5.41, 5.74) is 3.85. The van der Waals surface area contributed by atoms with E-state index in [-0.39, 0.29) is 6.04 Å². The van der Waals surface area contributed by atoms with Crippen molar-refractivity contribution in [2.45, 2.75) is 19.4 Å². The summed E-state index contributed by atoms with van der Waals surface area (Å²) in [5, 5.41) is 3.60. The minimum Gasteiger partial charge on any atom is -0.494 e. The molecule has 1 unspecified atom stereocenters. The highest BCUT2D eigenvalue weighted by Gasteiger charge is 2.25. The van der Waals surface area contributed by atoms with Crippen molar-refractivity contribution in [3.63, 3.8) is 0 Å². The van der Waals surface area contributed by atoms with E-state index in [2.05, 4.69) is 29.6 Å². The van der Waals surface area contributed by atoms with Crippen LogP contribution in [0.5, 0.6) is 17.2 Å². The third kappa shape index (κ3) is 2.29. The van der Waals surface area contributed by atoms with E-state index in [1.54, 1.807) is 0 Å². The normalized spacial score (nSPS) is 18.9. The third-order valence-electron chi connectivity index (χ3n) is 4.21. The summed E-state index contributed by atoms with van der Waals surface area (Å²) in [7, 11) is 0. The van der Waals surface area contributed by atoms with Gasteiger partial charge in [0, 0.05) is 6.54 Å². The van der Waals surface area contributed by atoms with Crippen LogP contribution < -0.4 is 19.5 Å². The van der Waals surface area contributed by atoms with Crippen molar-refractivity contribution in [1.29, 1.82) is 0 Å². The SMILES string of the molecule is CCOc1ccc(C2NCCc3cc4c(cc32)OCO4)cc1. The van der Waals surface area contributed by atoms with Crippen LogP contribution in [-0.2, 0) is 6.42 Å². The summed E-state index contributed by atoms with van der Waals surface area (Å²) in [6.45, 7) is 3.97. The van der Waals surface area contributed by atoms with Crippen LogP contribution >= 0.6 is 0 Å². The summed E-state index contributed by atoms with van der Waals surface area (Å²) >= 11 is 0. The minimum absolute atomic E-state index is 0.189. The first-order valence-corrected chi connectivity index (χ1v) is 7.73. The summed E-state index contributed by atoms with van der Waals surface area (Å²) in [6.07, 6.45) is 1.01. The number of hydrogen-bond acceptors (Lipinski definition) is 4. The van der Waals surface area contributed by atoms with Gasteiger partial charge < -0.3 is 19.5 Å². The Labute approximate surface area is 130 Å². The Morgan fingerprint density at radius 3 is 2.68 bits per heavy atom. The van der Waals surface area contributed by atoms with Crippen molar-refractivity contribution in [2.75, 3.05) is 19.9 Å². The molecule has 22 heavy (non-hydrogen) atoms. The van der Waals surface area contributed by atoms with Crippen molar-refractivity contribution >= 4 is 0 Å². The molecule has 2 aromatic carbocycles. The molecule has 4 rings (SSSR count). The molecule has 2 aliphatic heterocycles. The zero-order chi connectivity index (χ0) is 14.9. The Balaban J connectivity index is 1.69. The first kappa shape index (κ1) is 13.5. The molecule has 0 saturated heterocycles. The van der Waals surface area contributed by atoms with Crippen LogP contribution in [0.3, 0.4) is 0 Å². The van der Waals surface area contributed by atoms with Gasteiger partial charge in [-0.15, -0.1) is 0 Å². The predicted octanol–water partition coefficient (Wildman–Crippen LogP) is 3.05. The standard InChI is InChI=1S/C18H19NO3/c1-2-20-14-5-3-12(4-6-14)18-15-10-17-16(21-11-22-17)9-13(15)7-8-19-18/h3-6,9-10,18-19H,2,7-8,11H2,1H3. The van der Waals surface area contributed by atoms with Crippen LogP contribution in [0.2, 0.25) is 0 Å². The van der Waals surface area contributed by atoms with Gasteiger partial charge in [0.1, 0.15) is 5.75 Å². The molecule has 0 radical (unpaired) electrons. The molecule has 1 atom stereocenters. The fourth-order valence-electron chi connectivity index (χ4n) is 3.17. The van der Waals surface area contributed by atoms with E-state index < -0.39 is 0 Å².